The third kappa shape index (κ3) is 7.09. The molecule has 1 nitrogen and oxygen atoms in total. The third-order valence-electron chi connectivity index (χ3n) is 10.5. The highest BCUT2D eigenvalue weighted by molar-refractivity contribution is 7.85. The van der Waals surface area contributed by atoms with Crippen LogP contribution < -0.4 is 15.9 Å². The maximum Gasteiger partial charge on any atom is 0.171 e. The first-order chi connectivity index (χ1) is 27.6. The lowest BCUT2D eigenvalue weighted by Crippen LogP contribution is -2.25. The molecule has 0 saturated carbocycles. The Labute approximate surface area is 329 Å². The Morgan fingerprint density at radius 3 is 0.661 bits per heavy atom. The van der Waals surface area contributed by atoms with Crippen molar-refractivity contribution >= 4 is 23.1 Å². The Morgan fingerprint density at radius 2 is 0.393 bits per heavy atom. The second kappa shape index (κ2) is 15.5. The first kappa shape index (κ1) is 34.9. The molecule has 0 N–H and O–H groups in total. The highest BCUT2D eigenvalue weighted by Gasteiger charge is 2.31. The summed E-state index contributed by atoms with van der Waals surface area (Å²) >= 11 is 0. The molecule has 0 radical (unpaired) electrons. The van der Waals surface area contributed by atoms with Gasteiger partial charge in [0.15, 0.2) is 7.14 Å². The van der Waals surface area contributed by atoms with Gasteiger partial charge >= 0.3 is 0 Å². The van der Waals surface area contributed by atoms with Crippen LogP contribution in [0.2, 0.25) is 0 Å². The van der Waals surface area contributed by atoms with E-state index in [1.807, 2.05) is 54.6 Å². The van der Waals surface area contributed by atoms with Crippen LogP contribution in [0.5, 0.6) is 0 Å². The van der Waals surface area contributed by atoms with Gasteiger partial charge in [-0.3, -0.25) is 0 Å². The van der Waals surface area contributed by atoms with Crippen LogP contribution in [0.3, 0.4) is 0 Å². The quantitative estimate of drug-likeness (QED) is 0.135. The van der Waals surface area contributed by atoms with Crippen molar-refractivity contribution in [2.45, 2.75) is 0 Å². The second-order valence-corrected chi connectivity index (χ2v) is 16.9. The molecule has 0 bridgehead atoms. The molecule has 9 aromatic carbocycles. The zero-order chi connectivity index (χ0) is 37.7. The fraction of sp³-hybridized carbons (Fsp3) is 0. The maximum absolute atomic E-state index is 16.4. The van der Waals surface area contributed by atoms with E-state index in [-0.39, 0.29) is 0 Å². The van der Waals surface area contributed by atoms with Crippen molar-refractivity contribution in [2.24, 2.45) is 0 Å². The fourth-order valence-electron chi connectivity index (χ4n) is 7.62. The van der Waals surface area contributed by atoms with E-state index in [1.165, 1.54) is 0 Å². The predicted octanol–water partition coefficient (Wildman–Crippen LogP) is 13.3. The molecule has 0 aromatic heterocycles. The fourth-order valence-corrected chi connectivity index (χ4v) is 10.4. The molecule has 0 aliphatic heterocycles. The van der Waals surface area contributed by atoms with Crippen LogP contribution in [0.25, 0.3) is 66.8 Å². The summed E-state index contributed by atoms with van der Waals surface area (Å²) in [6.45, 7) is 0. The van der Waals surface area contributed by atoms with Crippen molar-refractivity contribution in [3.63, 3.8) is 0 Å². The largest absolute Gasteiger partial charge is 0.309 e. The molecule has 0 atom stereocenters. The van der Waals surface area contributed by atoms with Gasteiger partial charge in [0, 0.05) is 15.9 Å². The lowest BCUT2D eigenvalue weighted by molar-refractivity contribution is 0.592. The Bertz CT molecular complexity index is 2510. The number of rotatable bonds is 9. The number of hydrogen-bond donors (Lipinski definition) is 0. The Hall–Kier alpha value is -6.79. The molecule has 0 saturated heterocycles. The van der Waals surface area contributed by atoms with Gasteiger partial charge in [-0.1, -0.05) is 200 Å². The van der Waals surface area contributed by atoms with Crippen molar-refractivity contribution in [2.75, 3.05) is 0 Å². The highest BCUT2D eigenvalue weighted by Crippen LogP contribution is 2.45. The van der Waals surface area contributed by atoms with Gasteiger partial charge in [-0.2, -0.15) is 0 Å². The van der Waals surface area contributed by atoms with Crippen molar-refractivity contribution < 1.29 is 4.57 Å². The van der Waals surface area contributed by atoms with E-state index in [0.717, 1.165) is 82.7 Å². The van der Waals surface area contributed by atoms with E-state index in [2.05, 4.69) is 182 Å². The molecule has 266 valence electrons. The Balaban J connectivity index is 1.18. The summed E-state index contributed by atoms with van der Waals surface area (Å²) in [7, 11) is -3.43. The molecule has 0 unspecified atom stereocenters. The van der Waals surface area contributed by atoms with Crippen LogP contribution in [-0.2, 0) is 4.57 Å². The monoisotopic (exact) mass is 734 g/mol. The van der Waals surface area contributed by atoms with E-state index >= 15 is 4.57 Å². The maximum atomic E-state index is 16.4. The average molecular weight is 735 g/mol. The Morgan fingerprint density at radius 1 is 0.196 bits per heavy atom. The van der Waals surface area contributed by atoms with Crippen molar-refractivity contribution in [1.82, 2.24) is 0 Å². The van der Waals surface area contributed by atoms with E-state index in [4.69, 9.17) is 0 Å². The smallest absolute Gasteiger partial charge is 0.171 e. The van der Waals surface area contributed by atoms with Crippen molar-refractivity contribution in [3.8, 4) is 66.8 Å². The van der Waals surface area contributed by atoms with Crippen LogP contribution in [0, 0.1) is 0 Å². The van der Waals surface area contributed by atoms with Gasteiger partial charge in [0.1, 0.15) is 0 Å². The van der Waals surface area contributed by atoms with Crippen LogP contribution in [0.1, 0.15) is 0 Å². The summed E-state index contributed by atoms with van der Waals surface area (Å²) < 4.78 is 16.4. The second-order valence-electron chi connectivity index (χ2n) is 14.1. The summed E-state index contributed by atoms with van der Waals surface area (Å²) in [4.78, 5) is 0. The van der Waals surface area contributed by atoms with Crippen LogP contribution in [-0.4, -0.2) is 0 Å². The first-order valence-electron chi connectivity index (χ1n) is 19.0. The third-order valence-corrected chi connectivity index (χ3v) is 13.6. The molecule has 0 aliphatic rings. The van der Waals surface area contributed by atoms with Gasteiger partial charge in [-0.25, -0.2) is 0 Å². The van der Waals surface area contributed by atoms with Crippen LogP contribution in [0.15, 0.2) is 237 Å². The summed E-state index contributed by atoms with van der Waals surface area (Å²) in [5, 5.41) is 2.39. The molecule has 0 fully saturated rings. The van der Waals surface area contributed by atoms with Gasteiger partial charge in [0.2, 0.25) is 0 Å². The molecule has 9 rings (SSSR count). The van der Waals surface area contributed by atoms with Gasteiger partial charge in [0.25, 0.3) is 0 Å². The minimum absolute atomic E-state index is 0.797. The molecular formula is C54H39OP. The van der Waals surface area contributed by atoms with Gasteiger partial charge < -0.3 is 4.57 Å². The molecule has 2 heteroatoms. The van der Waals surface area contributed by atoms with Gasteiger partial charge in [-0.05, 0) is 103 Å². The van der Waals surface area contributed by atoms with Crippen LogP contribution in [0.4, 0.5) is 0 Å². The highest BCUT2D eigenvalue weighted by atomic mass is 31.2. The van der Waals surface area contributed by atoms with Crippen molar-refractivity contribution in [3.05, 3.63) is 237 Å². The zero-order valence-corrected chi connectivity index (χ0v) is 31.8. The molecule has 0 amide bonds. The number of hydrogen-bond acceptors (Lipinski definition) is 1. The van der Waals surface area contributed by atoms with E-state index < -0.39 is 7.14 Å². The lowest BCUT2D eigenvalue weighted by atomic mass is 9.99. The van der Waals surface area contributed by atoms with E-state index in [0.29, 0.717) is 0 Å². The summed E-state index contributed by atoms with van der Waals surface area (Å²) in [6, 6.07) is 82.2. The lowest BCUT2D eigenvalue weighted by Gasteiger charge is -2.22. The number of benzene rings is 9. The summed E-state index contributed by atoms with van der Waals surface area (Å²) in [5.74, 6) is 0. The zero-order valence-electron chi connectivity index (χ0n) is 30.9. The summed E-state index contributed by atoms with van der Waals surface area (Å²) in [5.41, 5.74) is 13.3. The Kier molecular flexibility index (Phi) is 9.68. The molecule has 0 heterocycles. The average Bonchev–Trinajstić information content (AvgIpc) is 3.30. The standard InChI is InChI=1S/C54H39OP/c55-56(52-31-13-28-49(37-52)46-25-10-22-43(34-46)40-16-4-1-5-17-40,53-32-14-29-50(38-53)47-26-11-23-44(35-47)41-18-6-2-7-19-41)54-33-15-30-51(39-54)48-27-12-24-45(36-48)42-20-8-3-9-21-42/h1-39H. The van der Waals surface area contributed by atoms with Crippen LogP contribution >= 0.6 is 7.14 Å². The van der Waals surface area contributed by atoms with Gasteiger partial charge in [0.05, 0.1) is 0 Å². The minimum atomic E-state index is -3.43. The normalized spacial score (nSPS) is 11.3. The molecule has 9 aromatic rings. The SMILES string of the molecule is O=P(c1cccc(-c2cccc(-c3ccccc3)c2)c1)(c1cccc(-c2cccc(-c3ccccc3)c2)c1)c1cccc(-c2cccc(-c3ccccc3)c2)c1. The molecule has 0 aliphatic carbocycles. The molecular weight excluding hydrogens is 696 g/mol. The topological polar surface area (TPSA) is 17.1 Å². The molecule has 56 heavy (non-hydrogen) atoms. The predicted molar refractivity (Wildman–Crippen MR) is 238 cm³/mol. The summed E-state index contributed by atoms with van der Waals surface area (Å²) in [6.07, 6.45) is 0. The van der Waals surface area contributed by atoms with E-state index in [9.17, 15) is 0 Å². The van der Waals surface area contributed by atoms with E-state index in [1.54, 1.807) is 0 Å². The first-order valence-corrected chi connectivity index (χ1v) is 20.7. The molecule has 0 spiro atoms. The minimum Gasteiger partial charge on any atom is -0.309 e. The van der Waals surface area contributed by atoms with Gasteiger partial charge in [-0.15, -0.1) is 0 Å². The van der Waals surface area contributed by atoms with Crippen molar-refractivity contribution in [1.29, 1.82) is 0 Å².